The first-order valence-electron chi connectivity index (χ1n) is 6.96. The molecule has 1 atom stereocenters. The second-order valence-electron chi connectivity index (χ2n) is 5.21. The van der Waals surface area contributed by atoms with Crippen molar-refractivity contribution >= 4 is 11.0 Å². The summed E-state index contributed by atoms with van der Waals surface area (Å²) in [6.07, 6.45) is 3.50. The molecular weight excluding hydrogens is 240 g/mol. The van der Waals surface area contributed by atoms with E-state index in [9.17, 15) is 4.79 Å². The molecule has 4 N–H and O–H groups in total. The monoisotopic (exact) mass is 260 g/mol. The second-order valence-corrected chi connectivity index (χ2v) is 5.21. The lowest BCUT2D eigenvalue weighted by atomic mass is 10.1. The predicted octanol–water partition coefficient (Wildman–Crippen LogP) is 0.740. The predicted molar refractivity (Wildman–Crippen MR) is 76.5 cm³/mol. The van der Waals surface area contributed by atoms with Gasteiger partial charge in [-0.15, -0.1) is 0 Å². The summed E-state index contributed by atoms with van der Waals surface area (Å²) in [5.74, 6) is 0. The maximum Gasteiger partial charge on any atom is 0.323 e. The Kier molecular flexibility index (Phi) is 3.66. The molecular formula is C14H20N4O. The van der Waals surface area contributed by atoms with E-state index in [4.69, 9.17) is 0 Å². The van der Waals surface area contributed by atoms with Crippen molar-refractivity contribution in [2.45, 2.75) is 25.3 Å². The summed E-state index contributed by atoms with van der Waals surface area (Å²) < 4.78 is 0. The van der Waals surface area contributed by atoms with E-state index in [2.05, 4.69) is 26.7 Å². The van der Waals surface area contributed by atoms with Gasteiger partial charge in [-0.2, -0.15) is 0 Å². The Morgan fingerprint density at radius 3 is 3.00 bits per heavy atom. The smallest absolute Gasteiger partial charge is 0.315 e. The van der Waals surface area contributed by atoms with Gasteiger partial charge in [0.05, 0.1) is 11.0 Å². The third-order valence-corrected chi connectivity index (χ3v) is 3.72. The fourth-order valence-electron chi connectivity index (χ4n) is 2.68. The van der Waals surface area contributed by atoms with Gasteiger partial charge >= 0.3 is 5.69 Å². The van der Waals surface area contributed by atoms with Crippen molar-refractivity contribution in [2.24, 2.45) is 0 Å². The molecule has 19 heavy (non-hydrogen) atoms. The van der Waals surface area contributed by atoms with Crippen LogP contribution in [0.15, 0.2) is 23.0 Å². The van der Waals surface area contributed by atoms with Gasteiger partial charge in [-0.25, -0.2) is 4.79 Å². The fraction of sp³-hybridized carbons (Fsp3) is 0.500. The van der Waals surface area contributed by atoms with E-state index >= 15 is 0 Å². The number of fused-ring (bicyclic) bond motifs is 1. The number of piperidine rings is 1. The van der Waals surface area contributed by atoms with Crippen molar-refractivity contribution in [1.29, 1.82) is 0 Å². The molecule has 1 aromatic heterocycles. The molecule has 1 fully saturated rings. The highest BCUT2D eigenvalue weighted by Crippen LogP contribution is 2.10. The molecule has 1 unspecified atom stereocenters. The summed E-state index contributed by atoms with van der Waals surface area (Å²) in [5, 5.41) is 6.99. The first kappa shape index (κ1) is 12.4. The lowest BCUT2D eigenvalue weighted by molar-refractivity contribution is 0.392. The van der Waals surface area contributed by atoms with Crippen molar-refractivity contribution in [2.75, 3.05) is 19.6 Å². The molecule has 1 aliphatic heterocycles. The Hall–Kier alpha value is -1.59. The van der Waals surface area contributed by atoms with Gasteiger partial charge in [0, 0.05) is 12.6 Å². The van der Waals surface area contributed by atoms with Gasteiger partial charge in [-0.1, -0.05) is 6.07 Å². The number of H-pyrrole nitrogens is 2. The zero-order chi connectivity index (χ0) is 13.1. The number of hydrogen-bond donors (Lipinski definition) is 4. The lowest BCUT2D eigenvalue weighted by Gasteiger charge is -2.23. The zero-order valence-electron chi connectivity index (χ0n) is 11.0. The highest BCUT2D eigenvalue weighted by molar-refractivity contribution is 5.74. The Labute approximate surface area is 111 Å². The first-order valence-corrected chi connectivity index (χ1v) is 6.96. The number of hydrogen-bond acceptors (Lipinski definition) is 3. The van der Waals surface area contributed by atoms with Crippen LogP contribution in [-0.4, -0.2) is 35.6 Å². The summed E-state index contributed by atoms with van der Waals surface area (Å²) in [4.78, 5) is 16.7. The van der Waals surface area contributed by atoms with Gasteiger partial charge in [-0.05, 0) is 50.0 Å². The Balaban J connectivity index is 1.57. The lowest BCUT2D eigenvalue weighted by Crippen LogP contribution is -2.43. The van der Waals surface area contributed by atoms with Crippen LogP contribution in [0.5, 0.6) is 0 Å². The van der Waals surface area contributed by atoms with Crippen LogP contribution in [0.2, 0.25) is 0 Å². The van der Waals surface area contributed by atoms with Crippen LogP contribution >= 0.6 is 0 Å². The molecule has 5 heteroatoms. The molecule has 1 aromatic carbocycles. The maximum absolute atomic E-state index is 11.2. The van der Waals surface area contributed by atoms with E-state index in [1.54, 1.807) is 0 Å². The molecule has 2 aromatic rings. The van der Waals surface area contributed by atoms with Crippen molar-refractivity contribution < 1.29 is 0 Å². The molecule has 0 amide bonds. The van der Waals surface area contributed by atoms with Crippen molar-refractivity contribution in [3.8, 4) is 0 Å². The summed E-state index contributed by atoms with van der Waals surface area (Å²) in [6, 6.07) is 6.69. The highest BCUT2D eigenvalue weighted by atomic mass is 16.1. The van der Waals surface area contributed by atoms with E-state index in [0.29, 0.717) is 6.04 Å². The number of aromatic nitrogens is 2. The SMILES string of the molecule is O=c1[nH]c2ccc(CCNC3CCCNC3)cc2[nH]1. The summed E-state index contributed by atoms with van der Waals surface area (Å²) in [5.41, 5.74) is 2.87. The van der Waals surface area contributed by atoms with Crippen LogP contribution in [0.1, 0.15) is 18.4 Å². The van der Waals surface area contributed by atoms with Crippen molar-refractivity contribution in [3.05, 3.63) is 34.2 Å². The van der Waals surface area contributed by atoms with Crippen LogP contribution in [0.25, 0.3) is 11.0 Å². The van der Waals surface area contributed by atoms with Gasteiger partial charge in [0.15, 0.2) is 0 Å². The molecule has 0 spiro atoms. The minimum atomic E-state index is -0.140. The molecule has 0 aliphatic carbocycles. The number of rotatable bonds is 4. The second kappa shape index (κ2) is 5.59. The molecule has 0 radical (unpaired) electrons. The minimum absolute atomic E-state index is 0.140. The molecule has 0 bridgehead atoms. The molecule has 0 saturated carbocycles. The van der Waals surface area contributed by atoms with Gasteiger partial charge in [-0.3, -0.25) is 0 Å². The average molecular weight is 260 g/mol. The minimum Gasteiger partial charge on any atom is -0.315 e. The van der Waals surface area contributed by atoms with Gasteiger partial charge in [0.1, 0.15) is 0 Å². The van der Waals surface area contributed by atoms with Gasteiger partial charge in [0.2, 0.25) is 0 Å². The fourth-order valence-corrected chi connectivity index (χ4v) is 2.68. The van der Waals surface area contributed by atoms with E-state index < -0.39 is 0 Å². The van der Waals surface area contributed by atoms with Gasteiger partial charge < -0.3 is 20.6 Å². The molecule has 3 rings (SSSR count). The normalized spacial score (nSPS) is 19.9. The van der Waals surface area contributed by atoms with Crippen LogP contribution in [0.3, 0.4) is 0 Å². The highest BCUT2D eigenvalue weighted by Gasteiger charge is 2.11. The molecule has 1 saturated heterocycles. The van der Waals surface area contributed by atoms with Crippen LogP contribution in [-0.2, 0) is 6.42 Å². The number of benzene rings is 1. The summed E-state index contributed by atoms with van der Waals surface area (Å²) in [6.45, 7) is 3.20. The van der Waals surface area contributed by atoms with Crippen molar-refractivity contribution in [1.82, 2.24) is 20.6 Å². The van der Waals surface area contributed by atoms with Crippen molar-refractivity contribution in [3.63, 3.8) is 0 Å². The van der Waals surface area contributed by atoms with E-state index in [-0.39, 0.29) is 5.69 Å². The van der Waals surface area contributed by atoms with E-state index in [1.807, 2.05) is 12.1 Å². The summed E-state index contributed by atoms with van der Waals surface area (Å²) >= 11 is 0. The zero-order valence-corrected chi connectivity index (χ0v) is 11.0. The average Bonchev–Trinajstić information content (AvgIpc) is 2.79. The number of aromatic amines is 2. The standard InChI is InChI=1S/C14H20N4O/c19-14-17-12-4-3-10(8-13(12)18-14)5-7-16-11-2-1-6-15-9-11/h3-4,8,11,15-16H,1-2,5-7,9H2,(H2,17,18,19). The Morgan fingerprint density at radius 1 is 1.26 bits per heavy atom. The van der Waals surface area contributed by atoms with Crippen LogP contribution < -0.4 is 16.3 Å². The number of imidazole rings is 1. The Bertz CT molecular complexity index is 595. The van der Waals surface area contributed by atoms with E-state index in [0.717, 1.165) is 37.1 Å². The molecule has 5 nitrogen and oxygen atoms in total. The van der Waals surface area contributed by atoms with Gasteiger partial charge in [0.25, 0.3) is 0 Å². The van der Waals surface area contributed by atoms with Crippen LogP contribution in [0, 0.1) is 0 Å². The molecule has 102 valence electrons. The maximum atomic E-state index is 11.2. The Morgan fingerprint density at radius 2 is 2.16 bits per heavy atom. The molecule has 1 aliphatic rings. The quantitative estimate of drug-likeness (QED) is 0.655. The number of nitrogens with one attached hydrogen (secondary N) is 4. The molecule has 2 heterocycles. The van der Waals surface area contributed by atoms with E-state index in [1.165, 1.54) is 18.4 Å². The van der Waals surface area contributed by atoms with Crippen LogP contribution in [0.4, 0.5) is 0 Å². The summed E-state index contributed by atoms with van der Waals surface area (Å²) in [7, 11) is 0. The third-order valence-electron chi connectivity index (χ3n) is 3.72. The third kappa shape index (κ3) is 3.05. The topological polar surface area (TPSA) is 72.7 Å². The largest absolute Gasteiger partial charge is 0.323 e. The first-order chi connectivity index (χ1) is 9.31.